The Morgan fingerprint density at radius 2 is 2.06 bits per heavy atom. The molecule has 1 fully saturated rings. The van der Waals surface area contributed by atoms with E-state index in [1.807, 2.05) is 18.2 Å². The summed E-state index contributed by atoms with van der Waals surface area (Å²) in [5, 5.41) is 0. The maximum atomic E-state index is 6.38. The monoisotopic (exact) mass is 249 g/mol. The number of benzene rings is 1. The molecule has 1 aromatic carbocycles. The van der Waals surface area contributed by atoms with Crippen molar-refractivity contribution in [3.63, 3.8) is 0 Å². The summed E-state index contributed by atoms with van der Waals surface area (Å²) >= 11 is 0. The van der Waals surface area contributed by atoms with Gasteiger partial charge in [0.1, 0.15) is 13.2 Å². The van der Waals surface area contributed by atoms with Gasteiger partial charge in [0.2, 0.25) is 0 Å². The topological polar surface area (TPSA) is 53.7 Å². The molecule has 4 heteroatoms. The highest BCUT2D eigenvalue weighted by Crippen LogP contribution is 2.39. The summed E-state index contributed by atoms with van der Waals surface area (Å²) in [6.45, 7) is 2.80. The first-order chi connectivity index (χ1) is 8.86. The van der Waals surface area contributed by atoms with Crippen molar-refractivity contribution < 1.29 is 14.2 Å². The minimum atomic E-state index is -0.0399. The van der Waals surface area contributed by atoms with Crippen molar-refractivity contribution in [3.8, 4) is 11.5 Å². The predicted octanol–water partition coefficient (Wildman–Crippen LogP) is 1.88. The van der Waals surface area contributed by atoms with E-state index >= 15 is 0 Å². The lowest BCUT2D eigenvalue weighted by Crippen LogP contribution is -2.30. The summed E-state index contributed by atoms with van der Waals surface area (Å²) in [6.07, 6.45) is 2.20. The predicted molar refractivity (Wildman–Crippen MR) is 67.9 cm³/mol. The summed E-state index contributed by atoms with van der Waals surface area (Å²) in [5.74, 6) is 2.00. The molecule has 0 bridgehead atoms. The van der Waals surface area contributed by atoms with Crippen LogP contribution in [0.1, 0.15) is 24.4 Å². The van der Waals surface area contributed by atoms with Crippen molar-refractivity contribution in [1.82, 2.24) is 0 Å². The van der Waals surface area contributed by atoms with E-state index in [0.717, 1.165) is 43.1 Å². The summed E-state index contributed by atoms with van der Waals surface area (Å²) in [4.78, 5) is 0. The van der Waals surface area contributed by atoms with Gasteiger partial charge in [0.15, 0.2) is 11.5 Å². The van der Waals surface area contributed by atoms with Gasteiger partial charge in [-0.1, -0.05) is 12.1 Å². The number of rotatable bonds is 2. The zero-order valence-corrected chi connectivity index (χ0v) is 10.4. The molecule has 0 saturated carbocycles. The van der Waals surface area contributed by atoms with E-state index in [0.29, 0.717) is 19.1 Å². The molecule has 0 aliphatic carbocycles. The first kappa shape index (κ1) is 11.8. The molecule has 3 rings (SSSR count). The van der Waals surface area contributed by atoms with Crippen LogP contribution in [0.5, 0.6) is 11.5 Å². The summed E-state index contributed by atoms with van der Waals surface area (Å²) in [7, 11) is 0. The Bertz CT molecular complexity index is 416. The van der Waals surface area contributed by atoms with E-state index in [-0.39, 0.29) is 6.04 Å². The van der Waals surface area contributed by atoms with Gasteiger partial charge in [0, 0.05) is 24.1 Å². The molecule has 18 heavy (non-hydrogen) atoms. The molecule has 2 aliphatic rings. The Morgan fingerprint density at radius 3 is 2.89 bits per heavy atom. The molecular weight excluding hydrogens is 230 g/mol. The van der Waals surface area contributed by atoms with Gasteiger partial charge in [0.05, 0.1) is 6.61 Å². The number of nitrogens with two attached hydrogens (primary N) is 1. The van der Waals surface area contributed by atoms with Gasteiger partial charge in [-0.3, -0.25) is 0 Å². The minimum absolute atomic E-state index is 0.0399. The Kier molecular flexibility index (Phi) is 3.39. The molecule has 0 amide bonds. The van der Waals surface area contributed by atoms with Crippen molar-refractivity contribution in [2.75, 3.05) is 26.4 Å². The van der Waals surface area contributed by atoms with Crippen molar-refractivity contribution >= 4 is 0 Å². The van der Waals surface area contributed by atoms with Crippen LogP contribution in [-0.4, -0.2) is 26.4 Å². The third kappa shape index (κ3) is 2.18. The average molecular weight is 249 g/mol. The van der Waals surface area contributed by atoms with Crippen LogP contribution < -0.4 is 15.2 Å². The highest BCUT2D eigenvalue weighted by atomic mass is 16.6. The van der Waals surface area contributed by atoms with E-state index in [2.05, 4.69) is 0 Å². The van der Waals surface area contributed by atoms with Gasteiger partial charge < -0.3 is 19.9 Å². The standard InChI is InChI=1S/C14H19NO3/c15-13(10-3-2-6-16-9-10)11-4-1-5-12-14(11)18-8-7-17-12/h1,4-5,10,13H,2-3,6-9,15H2. The fraction of sp³-hybridized carbons (Fsp3) is 0.571. The van der Waals surface area contributed by atoms with Crippen LogP contribution in [0.15, 0.2) is 18.2 Å². The minimum Gasteiger partial charge on any atom is -0.486 e. The fourth-order valence-electron chi connectivity index (χ4n) is 2.66. The number of ether oxygens (including phenoxy) is 3. The first-order valence-corrected chi connectivity index (χ1v) is 6.58. The average Bonchev–Trinajstić information content (AvgIpc) is 2.47. The summed E-state index contributed by atoms with van der Waals surface area (Å²) < 4.78 is 16.8. The number of hydrogen-bond acceptors (Lipinski definition) is 4. The van der Waals surface area contributed by atoms with Crippen LogP contribution in [0.25, 0.3) is 0 Å². The van der Waals surface area contributed by atoms with Gasteiger partial charge >= 0.3 is 0 Å². The largest absolute Gasteiger partial charge is 0.486 e. The van der Waals surface area contributed by atoms with Gasteiger partial charge in [-0.15, -0.1) is 0 Å². The van der Waals surface area contributed by atoms with E-state index in [4.69, 9.17) is 19.9 Å². The molecule has 2 heterocycles. The molecule has 2 atom stereocenters. The molecule has 4 nitrogen and oxygen atoms in total. The van der Waals surface area contributed by atoms with Crippen LogP contribution >= 0.6 is 0 Å². The molecule has 2 N–H and O–H groups in total. The van der Waals surface area contributed by atoms with Gasteiger partial charge in [-0.25, -0.2) is 0 Å². The SMILES string of the molecule is NC(c1cccc2c1OCCO2)C1CCCOC1. The van der Waals surface area contributed by atoms with Gasteiger partial charge in [-0.05, 0) is 18.9 Å². The molecule has 2 aliphatic heterocycles. The molecule has 98 valence electrons. The van der Waals surface area contributed by atoms with Gasteiger partial charge in [-0.2, -0.15) is 0 Å². The molecule has 0 radical (unpaired) electrons. The number of fused-ring (bicyclic) bond motifs is 1. The molecule has 0 spiro atoms. The fourth-order valence-corrected chi connectivity index (χ4v) is 2.66. The zero-order chi connectivity index (χ0) is 12.4. The van der Waals surface area contributed by atoms with Crippen LogP contribution in [0.4, 0.5) is 0 Å². The van der Waals surface area contributed by atoms with Gasteiger partial charge in [0.25, 0.3) is 0 Å². The summed E-state index contributed by atoms with van der Waals surface area (Å²) in [5.41, 5.74) is 7.42. The smallest absolute Gasteiger partial charge is 0.166 e. The van der Waals surface area contributed by atoms with Crippen molar-refractivity contribution in [2.24, 2.45) is 11.7 Å². The highest BCUT2D eigenvalue weighted by Gasteiger charge is 2.27. The normalized spacial score (nSPS) is 24.6. The Labute approximate surface area is 107 Å². The maximum absolute atomic E-state index is 6.38. The molecule has 1 aromatic rings. The summed E-state index contributed by atoms with van der Waals surface area (Å²) in [6, 6.07) is 5.91. The third-order valence-electron chi connectivity index (χ3n) is 3.66. The first-order valence-electron chi connectivity index (χ1n) is 6.58. The maximum Gasteiger partial charge on any atom is 0.166 e. The van der Waals surface area contributed by atoms with E-state index < -0.39 is 0 Å². The molecule has 0 aromatic heterocycles. The third-order valence-corrected chi connectivity index (χ3v) is 3.66. The molecule has 1 saturated heterocycles. The second-order valence-corrected chi connectivity index (χ2v) is 4.87. The zero-order valence-electron chi connectivity index (χ0n) is 10.4. The van der Waals surface area contributed by atoms with E-state index in [9.17, 15) is 0 Å². The molecule has 2 unspecified atom stereocenters. The Morgan fingerprint density at radius 1 is 1.17 bits per heavy atom. The Balaban J connectivity index is 1.86. The van der Waals surface area contributed by atoms with E-state index in [1.165, 1.54) is 0 Å². The lowest BCUT2D eigenvalue weighted by molar-refractivity contribution is 0.0440. The van der Waals surface area contributed by atoms with Crippen LogP contribution in [0, 0.1) is 5.92 Å². The quantitative estimate of drug-likeness (QED) is 0.869. The van der Waals surface area contributed by atoms with Crippen LogP contribution in [-0.2, 0) is 4.74 Å². The second-order valence-electron chi connectivity index (χ2n) is 4.87. The lowest BCUT2D eigenvalue weighted by Gasteiger charge is -2.30. The van der Waals surface area contributed by atoms with Crippen molar-refractivity contribution in [3.05, 3.63) is 23.8 Å². The highest BCUT2D eigenvalue weighted by molar-refractivity contribution is 5.49. The lowest BCUT2D eigenvalue weighted by atomic mass is 9.89. The van der Waals surface area contributed by atoms with Crippen LogP contribution in [0.3, 0.4) is 0 Å². The number of para-hydroxylation sites is 1. The second kappa shape index (κ2) is 5.16. The number of hydrogen-bond donors (Lipinski definition) is 1. The van der Waals surface area contributed by atoms with Crippen LogP contribution in [0.2, 0.25) is 0 Å². The van der Waals surface area contributed by atoms with Crippen molar-refractivity contribution in [1.29, 1.82) is 0 Å². The van der Waals surface area contributed by atoms with Crippen molar-refractivity contribution in [2.45, 2.75) is 18.9 Å². The Hall–Kier alpha value is -1.26. The van der Waals surface area contributed by atoms with E-state index in [1.54, 1.807) is 0 Å². The molecular formula is C14H19NO3.